The van der Waals surface area contributed by atoms with Gasteiger partial charge in [0.1, 0.15) is 0 Å². The second-order valence-corrected chi connectivity index (χ2v) is 5.88. The number of likely N-dealkylation sites (tertiary alicyclic amines) is 1. The van der Waals surface area contributed by atoms with Gasteiger partial charge in [-0.15, -0.1) is 0 Å². The van der Waals surface area contributed by atoms with E-state index >= 15 is 0 Å². The van der Waals surface area contributed by atoms with E-state index in [1.807, 2.05) is 19.9 Å². The van der Waals surface area contributed by atoms with Gasteiger partial charge >= 0.3 is 0 Å². The van der Waals surface area contributed by atoms with Crippen molar-refractivity contribution in [3.8, 4) is 11.5 Å². The Balaban J connectivity index is 1.79. The van der Waals surface area contributed by atoms with Crippen LogP contribution in [0, 0.1) is 0 Å². The summed E-state index contributed by atoms with van der Waals surface area (Å²) in [7, 11) is 1.69. The summed E-state index contributed by atoms with van der Waals surface area (Å²) in [5.41, 5.74) is 1.23. The Morgan fingerprint density at radius 2 is 1.95 bits per heavy atom. The van der Waals surface area contributed by atoms with Crippen molar-refractivity contribution in [2.24, 2.45) is 0 Å². The minimum Gasteiger partial charge on any atom is -0.493 e. The number of rotatable bonds is 8. The fraction of sp³-hybridized carbons (Fsp3) is 0.647. The van der Waals surface area contributed by atoms with Crippen LogP contribution in [-0.4, -0.2) is 44.3 Å². The molecule has 0 atom stereocenters. The lowest BCUT2D eigenvalue weighted by Gasteiger charge is -2.16. The molecule has 0 saturated carbocycles. The van der Waals surface area contributed by atoms with Crippen LogP contribution in [-0.2, 0) is 6.54 Å². The standard InChI is InChI=1S/C17H28N2O2/c1-14(2)21-16-7-6-15(12-17(16)20-3)13-18-8-11-19-9-4-5-10-19/h6-7,12,14,18H,4-5,8-11,13H2,1-3H3. The van der Waals surface area contributed by atoms with Crippen molar-refractivity contribution in [2.45, 2.75) is 39.3 Å². The van der Waals surface area contributed by atoms with Gasteiger partial charge in [0.2, 0.25) is 0 Å². The molecule has 0 spiro atoms. The second kappa shape index (κ2) is 8.25. The van der Waals surface area contributed by atoms with E-state index in [-0.39, 0.29) is 6.10 Å². The Labute approximate surface area is 128 Å². The Bertz CT molecular complexity index is 429. The molecule has 0 radical (unpaired) electrons. The van der Waals surface area contributed by atoms with E-state index < -0.39 is 0 Å². The summed E-state index contributed by atoms with van der Waals surface area (Å²) in [5.74, 6) is 1.62. The highest BCUT2D eigenvalue weighted by Crippen LogP contribution is 2.28. The summed E-state index contributed by atoms with van der Waals surface area (Å²) in [6.07, 6.45) is 2.87. The Hall–Kier alpha value is -1.26. The van der Waals surface area contributed by atoms with Crippen LogP contribution in [0.3, 0.4) is 0 Å². The number of nitrogens with zero attached hydrogens (tertiary/aromatic N) is 1. The molecule has 0 aliphatic carbocycles. The molecule has 1 aliphatic heterocycles. The van der Waals surface area contributed by atoms with Crippen LogP contribution in [0.1, 0.15) is 32.3 Å². The third-order valence-corrected chi connectivity index (χ3v) is 3.72. The van der Waals surface area contributed by atoms with Gasteiger partial charge in [-0.1, -0.05) is 6.07 Å². The molecule has 1 aliphatic rings. The van der Waals surface area contributed by atoms with Crippen molar-refractivity contribution in [1.29, 1.82) is 0 Å². The van der Waals surface area contributed by atoms with E-state index in [1.165, 1.54) is 31.5 Å². The molecule has 1 fully saturated rings. The number of methoxy groups -OCH3 is 1. The molecule has 0 aromatic heterocycles. The maximum Gasteiger partial charge on any atom is 0.161 e. The molecule has 0 unspecified atom stereocenters. The summed E-state index contributed by atoms with van der Waals surface area (Å²) in [6.45, 7) is 9.61. The van der Waals surface area contributed by atoms with Gasteiger partial charge in [-0.2, -0.15) is 0 Å². The fourth-order valence-corrected chi connectivity index (χ4v) is 2.65. The van der Waals surface area contributed by atoms with Gasteiger partial charge in [-0.3, -0.25) is 0 Å². The first-order valence-corrected chi connectivity index (χ1v) is 7.95. The molecule has 1 heterocycles. The Morgan fingerprint density at radius 1 is 1.19 bits per heavy atom. The highest BCUT2D eigenvalue weighted by atomic mass is 16.5. The first-order valence-electron chi connectivity index (χ1n) is 7.95. The maximum atomic E-state index is 5.73. The zero-order valence-electron chi connectivity index (χ0n) is 13.5. The van der Waals surface area contributed by atoms with Crippen molar-refractivity contribution in [3.63, 3.8) is 0 Å². The molecule has 1 aromatic rings. The van der Waals surface area contributed by atoms with Crippen LogP contribution in [0.4, 0.5) is 0 Å². The second-order valence-electron chi connectivity index (χ2n) is 5.88. The van der Waals surface area contributed by atoms with Gasteiger partial charge in [0.15, 0.2) is 11.5 Å². The van der Waals surface area contributed by atoms with Crippen LogP contribution in [0.2, 0.25) is 0 Å². The first kappa shape index (κ1) is 16.1. The number of ether oxygens (including phenoxy) is 2. The van der Waals surface area contributed by atoms with Crippen LogP contribution in [0.15, 0.2) is 18.2 Å². The zero-order chi connectivity index (χ0) is 15.1. The van der Waals surface area contributed by atoms with E-state index in [4.69, 9.17) is 9.47 Å². The van der Waals surface area contributed by atoms with E-state index in [9.17, 15) is 0 Å². The van der Waals surface area contributed by atoms with E-state index in [2.05, 4.69) is 22.3 Å². The van der Waals surface area contributed by atoms with E-state index in [0.29, 0.717) is 0 Å². The molecule has 0 amide bonds. The summed E-state index contributed by atoms with van der Waals surface area (Å²) in [4.78, 5) is 2.52. The zero-order valence-corrected chi connectivity index (χ0v) is 13.5. The predicted octanol–water partition coefficient (Wildman–Crippen LogP) is 2.67. The van der Waals surface area contributed by atoms with Crippen molar-refractivity contribution >= 4 is 0 Å². The molecule has 0 bridgehead atoms. The van der Waals surface area contributed by atoms with Crippen molar-refractivity contribution < 1.29 is 9.47 Å². The van der Waals surface area contributed by atoms with Crippen molar-refractivity contribution in [3.05, 3.63) is 23.8 Å². The van der Waals surface area contributed by atoms with Gasteiger partial charge in [-0.25, -0.2) is 0 Å². The quantitative estimate of drug-likeness (QED) is 0.747. The lowest BCUT2D eigenvalue weighted by molar-refractivity contribution is 0.230. The Kier molecular flexibility index (Phi) is 6.33. The molecule has 4 nitrogen and oxygen atoms in total. The van der Waals surface area contributed by atoms with Crippen molar-refractivity contribution in [1.82, 2.24) is 10.2 Å². The Morgan fingerprint density at radius 3 is 2.62 bits per heavy atom. The number of hydrogen-bond donors (Lipinski definition) is 1. The summed E-state index contributed by atoms with van der Waals surface area (Å²) >= 11 is 0. The van der Waals surface area contributed by atoms with Crippen LogP contribution >= 0.6 is 0 Å². The highest BCUT2D eigenvalue weighted by Gasteiger charge is 2.10. The maximum absolute atomic E-state index is 5.73. The highest BCUT2D eigenvalue weighted by molar-refractivity contribution is 5.43. The smallest absolute Gasteiger partial charge is 0.161 e. The minimum absolute atomic E-state index is 0.156. The average Bonchev–Trinajstić information content (AvgIpc) is 2.97. The van der Waals surface area contributed by atoms with Crippen LogP contribution in [0.5, 0.6) is 11.5 Å². The lowest BCUT2D eigenvalue weighted by Crippen LogP contribution is -2.29. The molecule has 1 aromatic carbocycles. The predicted molar refractivity (Wildman–Crippen MR) is 86.1 cm³/mol. The number of nitrogens with one attached hydrogen (secondary N) is 1. The number of hydrogen-bond acceptors (Lipinski definition) is 4. The summed E-state index contributed by atoms with van der Waals surface area (Å²) in [6, 6.07) is 6.15. The minimum atomic E-state index is 0.156. The lowest BCUT2D eigenvalue weighted by atomic mass is 10.2. The summed E-state index contributed by atoms with van der Waals surface area (Å²) < 4.78 is 11.1. The fourth-order valence-electron chi connectivity index (χ4n) is 2.65. The average molecular weight is 292 g/mol. The summed E-state index contributed by atoms with van der Waals surface area (Å²) in [5, 5.41) is 3.50. The van der Waals surface area contributed by atoms with Crippen LogP contribution in [0.25, 0.3) is 0 Å². The van der Waals surface area contributed by atoms with E-state index in [0.717, 1.165) is 31.1 Å². The molecular formula is C17H28N2O2. The third kappa shape index (κ3) is 5.21. The van der Waals surface area contributed by atoms with Crippen molar-refractivity contribution in [2.75, 3.05) is 33.3 Å². The van der Waals surface area contributed by atoms with Gasteiger partial charge < -0.3 is 19.7 Å². The van der Waals surface area contributed by atoms with Gasteiger partial charge in [0, 0.05) is 19.6 Å². The van der Waals surface area contributed by atoms with Gasteiger partial charge in [-0.05, 0) is 57.5 Å². The topological polar surface area (TPSA) is 33.7 Å². The molecule has 118 valence electrons. The monoisotopic (exact) mass is 292 g/mol. The molecule has 21 heavy (non-hydrogen) atoms. The van der Waals surface area contributed by atoms with Gasteiger partial charge in [0.05, 0.1) is 13.2 Å². The van der Waals surface area contributed by atoms with E-state index in [1.54, 1.807) is 7.11 Å². The molecular weight excluding hydrogens is 264 g/mol. The molecule has 1 saturated heterocycles. The third-order valence-electron chi connectivity index (χ3n) is 3.72. The SMILES string of the molecule is COc1cc(CNCCN2CCCC2)ccc1OC(C)C. The molecule has 2 rings (SSSR count). The molecule has 4 heteroatoms. The largest absolute Gasteiger partial charge is 0.493 e. The number of benzene rings is 1. The molecule has 1 N–H and O–H groups in total. The van der Waals surface area contributed by atoms with Crippen LogP contribution < -0.4 is 14.8 Å². The normalized spacial score (nSPS) is 15.6. The van der Waals surface area contributed by atoms with Gasteiger partial charge in [0.25, 0.3) is 0 Å². The first-order chi connectivity index (χ1) is 10.2.